The molecule has 0 bridgehead atoms. The summed E-state index contributed by atoms with van der Waals surface area (Å²) in [6.07, 6.45) is 0. The van der Waals surface area contributed by atoms with Gasteiger partial charge < -0.3 is 4.98 Å². The molecule has 19 heavy (non-hydrogen) atoms. The summed E-state index contributed by atoms with van der Waals surface area (Å²) in [5, 5.41) is 0.722. The van der Waals surface area contributed by atoms with Gasteiger partial charge in [0.15, 0.2) is 0 Å². The summed E-state index contributed by atoms with van der Waals surface area (Å²) >= 11 is 3.46. The number of hydrogen-bond donors (Lipinski definition) is 1. The van der Waals surface area contributed by atoms with Crippen molar-refractivity contribution in [1.82, 2.24) is 9.97 Å². The number of aromatic amines is 1. The number of aromatic nitrogens is 2. The first-order valence-electron chi connectivity index (χ1n) is 6.14. The topological polar surface area (TPSA) is 28.7 Å². The van der Waals surface area contributed by atoms with Gasteiger partial charge >= 0.3 is 0 Å². The largest absolute Gasteiger partial charge is 0.341 e. The molecule has 0 aliphatic carbocycles. The Morgan fingerprint density at radius 1 is 0.842 bits per heavy atom. The van der Waals surface area contributed by atoms with Gasteiger partial charge in [-0.2, -0.15) is 0 Å². The van der Waals surface area contributed by atoms with Gasteiger partial charge in [0.2, 0.25) is 0 Å². The predicted molar refractivity (Wildman–Crippen MR) is 82.1 cm³/mol. The van der Waals surface area contributed by atoms with E-state index in [-0.39, 0.29) is 0 Å². The molecule has 3 heteroatoms. The van der Waals surface area contributed by atoms with E-state index in [4.69, 9.17) is 0 Å². The molecule has 1 N–H and O–H groups in total. The van der Waals surface area contributed by atoms with Crippen molar-refractivity contribution >= 4 is 15.9 Å². The zero-order chi connectivity index (χ0) is 13.1. The normalized spacial score (nSPS) is 10.6. The summed E-state index contributed by atoms with van der Waals surface area (Å²) in [4.78, 5) is 8.06. The van der Waals surface area contributed by atoms with E-state index in [2.05, 4.69) is 50.2 Å². The summed E-state index contributed by atoms with van der Waals surface area (Å²) < 4.78 is 0. The van der Waals surface area contributed by atoms with Gasteiger partial charge in [-0.25, -0.2) is 4.98 Å². The van der Waals surface area contributed by atoms with Crippen molar-refractivity contribution in [3.8, 4) is 22.5 Å². The highest BCUT2D eigenvalue weighted by atomic mass is 79.9. The first-order valence-corrected chi connectivity index (χ1v) is 7.26. The molecule has 0 spiro atoms. The first-order chi connectivity index (χ1) is 9.38. The van der Waals surface area contributed by atoms with Gasteiger partial charge in [-0.3, -0.25) is 0 Å². The van der Waals surface area contributed by atoms with Crippen molar-refractivity contribution in [3.63, 3.8) is 0 Å². The number of halogens is 1. The molecule has 2 nitrogen and oxygen atoms in total. The van der Waals surface area contributed by atoms with Crippen LogP contribution in [0.25, 0.3) is 22.5 Å². The van der Waals surface area contributed by atoms with E-state index >= 15 is 0 Å². The van der Waals surface area contributed by atoms with Crippen LogP contribution in [0.5, 0.6) is 0 Å². The number of rotatable bonds is 3. The van der Waals surface area contributed by atoms with Crippen molar-refractivity contribution in [3.05, 3.63) is 66.5 Å². The van der Waals surface area contributed by atoms with Crippen LogP contribution in [0.1, 0.15) is 5.82 Å². The monoisotopic (exact) mass is 312 g/mol. The summed E-state index contributed by atoms with van der Waals surface area (Å²) in [5.74, 6) is 0.942. The van der Waals surface area contributed by atoms with Crippen LogP contribution in [0.15, 0.2) is 60.7 Å². The second-order valence-corrected chi connectivity index (χ2v) is 4.83. The lowest BCUT2D eigenvalue weighted by atomic mass is 10.1. The summed E-state index contributed by atoms with van der Waals surface area (Å²) in [6.45, 7) is 0. The fourth-order valence-corrected chi connectivity index (χ4v) is 2.37. The molecule has 1 aromatic heterocycles. The van der Waals surface area contributed by atoms with Gasteiger partial charge in [0.1, 0.15) is 5.82 Å². The molecule has 3 rings (SSSR count). The molecule has 2 aromatic carbocycles. The van der Waals surface area contributed by atoms with Gasteiger partial charge in [0.25, 0.3) is 0 Å². The number of benzene rings is 2. The molecule has 0 fully saturated rings. The first kappa shape index (κ1) is 12.2. The predicted octanol–water partition coefficient (Wildman–Crippen LogP) is 4.64. The highest BCUT2D eigenvalue weighted by Crippen LogP contribution is 2.30. The minimum Gasteiger partial charge on any atom is -0.341 e. The van der Waals surface area contributed by atoms with Gasteiger partial charge in [0, 0.05) is 11.1 Å². The third-order valence-electron chi connectivity index (χ3n) is 2.99. The maximum absolute atomic E-state index is 4.67. The van der Waals surface area contributed by atoms with Crippen LogP contribution in [-0.4, -0.2) is 9.97 Å². The van der Waals surface area contributed by atoms with Gasteiger partial charge in [-0.1, -0.05) is 76.6 Å². The number of imidazole rings is 1. The number of alkyl halides is 1. The lowest BCUT2D eigenvalue weighted by Crippen LogP contribution is -1.82. The van der Waals surface area contributed by atoms with E-state index in [1.807, 2.05) is 36.4 Å². The van der Waals surface area contributed by atoms with Crippen LogP contribution in [0.2, 0.25) is 0 Å². The third kappa shape index (κ3) is 2.47. The Kier molecular flexibility index (Phi) is 3.47. The van der Waals surface area contributed by atoms with E-state index < -0.39 is 0 Å². The Morgan fingerprint density at radius 2 is 1.42 bits per heavy atom. The van der Waals surface area contributed by atoms with Crippen molar-refractivity contribution < 1.29 is 0 Å². The highest BCUT2D eigenvalue weighted by molar-refractivity contribution is 9.08. The molecular formula is C16H13BrN2. The van der Waals surface area contributed by atoms with E-state index in [9.17, 15) is 0 Å². The summed E-state index contributed by atoms with van der Waals surface area (Å²) in [6, 6.07) is 20.5. The molecule has 0 radical (unpaired) electrons. The second kappa shape index (κ2) is 5.41. The van der Waals surface area contributed by atoms with Crippen molar-refractivity contribution in [2.45, 2.75) is 5.33 Å². The van der Waals surface area contributed by atoms with Crippen LogP contribution >= 0.6 is 15.9 Å². The zero-order valence-electron chi connectivity index (χ0n) is 10.3. The van der Waals surface area contributed by atoms with Gasteiger partial charge in [-0.05, 0) is 0 Å². The third-order valence-corrected chi connectivity index (χ3v) is 3.52. The smallest absolute Gasteiger partial charge is 0.117 e. The fourth-order valence-electron chi connectivity index (χ4n) is 2.10. The lowest BCUT2D eigenvalue weighted by molar-refractivity contribution is 1.13. The van der Waals surface area contributed by atoms with Crippen molar-refractivity contribution in [2.75, 3.05) is 0 Å². The Hall–Kier alpha value is -1.87. The molecule has 0 aliphatic heterocycles. The van der Waals surface area contributed by atoms with Crippen molar-refractivity contribution in [2.24, 2.45) is 0 Å². The number of hydrogen-bond acceptors (Lipinski definition) is 1. The Morgan fingerprint density at radius 3 is 2.00 bits per heavy atom. The molecular weight excluding hydrogens is 300 g/mol. The van der Waals surface area contributed by atoms with Crippen LogP contribution in [0.3, 0.4) is 0 Å². The molecule has 0 saturated heterocycles. The lowest BCUT2D eigenvalue weighted by Gasteiger charge is -2.02. The molecule has 0 amide bonds. The minimum absolute atomic E-state index is 0.722. The standard InChI is InChI=1S/C16H13BrN2/c17-11-14-18-15(12-7-3-1-4-8-12)16(19-14)13-9-5-2-6-10-13/h1-10H,11H2,(H,18,19). The molecule has 0 aliphatic rings. The molecule has 0 saturated carbocycles. The average Bonchev–Trinajstić information content (AvgIpc) is 2.93. The van der Waals surface area contributed by atoms with E-state index in [0.29, 0.717) is 0 Å². The quantitative estimate of drug-likeness (QED) is 0.701. The maximum atomic E-state index is 4.67. The Bertz CT molecular complexity index is 603. The van der Waals surface area contributed by atoms with Crippen LogP contribution < -0.4 is 0 Å². The molecule has 1 heterocycles. The second-order valence-electron chi connectivity index (χ2n) is 4.27. The molecule has 0 unspecified atom stereocenters. The van der Waals surface area contributed by atoms with Crippen LogP contribution in [0, 0.1) is 0 Å². The SMILES string of the molecule is BrCc1nc(-c2ccccc2)c(-c2ccccc2)[nH]1. The van der Waals surface area contributed by atoms with Crippen LogP contribution in [0.4, 0.5) is 0 Å². The average molecular weight is 313 g/mol. The zero-order valence-corrected chi connectivity index (χ0v) is 11.9. The molecule has 94 valence electrons. The maximum Gasteiger partial charge on any atom is 0.117 e. The Balaban J connectivity index is 2.17. The van der Waals surface area contributed by atoms with E-state index in [0.717, 1.165) is 33.7 Å². The van der Waals surface area contributed by atoms with Gasteiger partial charge in [-0.15, -0.1) is 0 Å². The number of nitrogens with zero attached hydrogens (tertiary/aromatic N) is 1. The highest BCUT2D eigenvalue weighted by Gasteiger charge is 2.12. The van der Waals surface area contributed by atoms with Gasteiger partial charge in [0.05, 0.1) is 16.7 Å². The minimum atomic E-state index is 0.722. The molecule has 0 atom stereocenters. The summed E-state index contributed by atoms with van der Waals surface area (Å²) in [7, 11) is 0. The van der Waals surface area contributed by atoms with E-state index in [1.54, 1.807) is 0 Å². The molecule has 3 aromatic rings. The summed E-state index contributed by atoms with van der Waals surface area (Å²) in [5.41, 5.74) is 4.35. The van der Waals surface area contributed by atoms with Crippen LogP contribution in [-0.2, 0) is 5.33 Å². The number of H-pyrrole nitrogens is 1. The number of nitrogens with one attached hydrogen (secondary N) is 1. The Labute approximate surface area is 120 Å². The van der Waals surface area contributed by atoms with E-state index in [1.165, 1.54) is 0 Å². The van der Waals surface area contributed by atoms with Crippen molar-refractivity contribution in [1.29, 1.82) is 0 Å². The fraction of sp³-hybridized carbons (Fsp3) is 0.0625.